The Kier molecular flexibility index (Phi) is 6.20. The van der Waals surface area contributed by atoms with Crippen molar-refractivity contribution < 1.29 is 14.3 Å². The van der Waals surface area contributed by atoms with Gasteiger partial charge >= 0.3 is 0 Å². The van der Waals surface area contributed by atoms with Gasteiger partial charge in [0.05, 0.1) is 12.1 Å². The van der Waals surface area contributed by atoms with Crippen LogP contribution in [0.4, 0.5) is 5.82 Å². The van der Waals surface area contributed by atoms with Gasteiger partial charge in [0.15, 0.2) is 0 Å². The zero-order valence-electron chi connectivity index (χ0n) is 15.4. The standard InChI is InChI=1S/C19H27N3O3/c1-5-11-22(6-2)17-10-8-15(12-20-17)18(23)21-13-19(4,24)16-9-7-14(3)25-16/h7-10,12,24H,5-6,11,13H2,1-4H3,(H,21,23). The molecule has 6 nitrogen and oxygen atoms in total. The lowest BCUT2D eigenvalue weighted by Crippen LogP contribution is -2.38. The smallest absolute Gasteiger partial charge is 0.252 e. The molecular formula is C19H27N3O3. The molecule has 0 aliphatic carbocycles. The van der Waals surface area contributed by atoms with Crippen molar-refractivity contribution in [1.82, 2.24) is 10.3 Å². The molecule has 0 saturated carbocycles. The van der Waals surface area contributed by atoms with Gasteiger partial charge in [-0.3, -0.25) is 4.79 Å². The van der Waals surface area contributed by atoms with Crippen LogP contribution in [-0.4, -0.2) is 35.6 Å². The van der Waals surface area contributed by atoms with Crippen molar-refractivity contribution in [1.29, 1.82) is 0 Å². The number of anilines is 1. The average molecular weight is 345 g/mol. The predicted octanol–water partition coefficient (Wildman–Crippen LogP) is 2.86. The lowest BCUT2D eigenvalue weighted by molar-refractivity contribution is 0.0323. The Morgan fingerprint density at radius 1 is 1.32 bits per heavy atom. The third-order valence-corrected chi connectivity index (χ3v) is 4.07. The Labute approximate surface area is 148 Å². The highest BCUT2D eigenvalue weighted by Gasteiger charge is 2.27. The first kappa shape index (κ1) is 19.0. The van der Waals surface area contributed by atoms with Crippen molar-refractivity contribution >= 4 is 11.7 Å². The number of hydrogen-bond acceptors (Lipinski definition) is 5. The first-order chi connectivity index (χ1) is 11.9. The second-order valence-electron chi connectivity index (χ2n) is 6.35. The van der Waals surface area contributed by atoms with Crippen molar-refractivity contribution in [2.75, 3.05) is 24.5 Å². The summed E-state index contributed by atoms with van der Waals surface area (Å²) in [6, 6.07) is 7.10. The van der Waals surface area contributed by atoms with E-state index in [4.69, 9.17) is 4.42 Å². The van der Waals surface area contributed by atoms with E-state index in [1.165, 1.54) is 0 Å². The summed E-state index contributed by atoms with van der Waals surface area (Å²) in [5, 5.41) is 13.2. The number of rotatable bonds is 8. The molecule has 0 spiro atoms. The van der Waals surface area contributed by atoms with E-state index in [0.717, 1.165) is 25.3 Å². The molecule has 1 unspecified atom stereocenters. The van der Waals surface area contributed by atoms with Crippen LogP contribution in [0.1, 0.15) is 49.1 Å². The largest absolute Gasteiger partial charge is 0.463 e. The second kappa shape index (κ2) is 8.16. The normalized spacial score (nSPS) is 13.3. The Morgan fingerprint density at radius 2 is 2.08 bits per heavy atom. The molecule has 0 aromatic carbocycles. The monoisotopic (exact) mass is 345 g/mol. The number of aryl methyl sites for hydroxylation is 1. The minimum Gasteiger partial charge on any atom is -0.463 e. The van der Waals surface area contributed by atoms with E-state index in [2.05, 4.69) is 29.0 Å². The van der Waals surface area contributed by atoms with Crippen LogP contribution in [0.2, 0.25) is 0 Å². The summed E-state index contributed by atoms with van der Waals surface area (Å²) in [5.41, 5.74) is -0.806. The molecule has 0 bridgehead atoms. The van der Waals surface area contributed by atoms with E-state index in [1.54, 1.807) is 31.3 Å². The highest BCUT2D eigenvalue weighted by atomic mass is 16.4. The summed E-state index contributed by atoms with van der Waals surface area (Å²) in [4.78, 5) is 18.8. The van der Waals surface area contributed by atoms with Crippen molar-refractivity contribution in [3.63, 3.8) is 0 Å². The molecule has 0 radical (unpaired) electrons. The highest BCUT2D eigenvalue weighted by Crippen LogP contribution is 2.22. The van der Waals surface area contributed by atoms with E-state index in [9.17, 15) is 9.90 Å². The number of furan rings is 1. The average Bonchev–Trinajstić information content (AvgIpc) is 3.05. The highest BCUT2D eigenvalue weighted by molar-refractivity contribution is 5.94. The molecule has 25 heavy (non-hydrogen) atoms. The lowest BCUT2D eigenvalue weighted by atomic mass is 10.0. The summed E-state index contributed by atoms with van der Waals surface area (Å²) in [5.74, 6) is 1.73. The topological polar surface area (TPSA) is 78.6 Å². The molecule has 0 saturated heterocycles. The molecule has 0 aliphatic rings. The van der Waals surface area contributed by atoms with Gasteiger partial charge in [-0.2, -0.15) is 0 Å². The van der Waals surface area contributed by atoms with Crippen LogP contribution in [-0.2, 0) is 5.60 Å². The van der Waals surface area contributed by atoms with Crippen LogP contribution in [0, 0.1) is 6.92 Å². The summed E-state index contributed by atoms with van der Waals surface area (Å²) < 4.78 is 5.44. The zero-order valence-corrected chi connectivity index (χ0v) is 15.4. The van der Waals surface area contributed by atoms with Gasteiger partial charge in [-0.15, -0.1) is 0 Å². The van der Waals surface area contributed by atoms with E-state index in [1.807, 2.05) is 13.0 Å². The van der Waals surface area contributed by atoms with Gasteiger partial charge < -0.3 is 19.7 Å². The minimum atomic E-state index is -1.27. The number of nitrogens with zero attached hydrogens (tertiary/aromatic N) is 2. The predicted molar refractivity (Wildman–Crippen MR) is 97.8 cm³/mol. The van der Waals surface area contributed by atoms with E-state index >= 15 is 0 Å². The molecule has 0 aliphatic heterocycles. The van der Waals surface area contributed by atoms with Crippen LogP contribution in [0.15, 0.2) is 34.9 Å². The van der Waals surface area contributed by atoms with Gasteiger partial charge in [-0.1, -0.05) is 6.92 Å². The van der Waals surface area contributed by atoms with Crippen LogP contribution in [0.3, 0.4) is 0 Å². The zero-order chi connectivity index (χ0) is 18.4. The van der Waals surface area contributed by atoms with Gasteiger partial charge in [0.2, 0.25) is 0 Å². The minimum absolute atomic E-state index is 0.0530. The van der Waals surface area contributed by atoms with Gasteiger partial charge in [0.1, 0.15) is 22.9 Å². The Bertz CT molecular complexity index is 692. The van der Waals surface area contributed by atoms with Crippen molar-refractivity contribution in [2.24, 2.45) is 0 Å². The van der Waals surface area contributed by atoms with Gasteiger partial charge in [0, 0.05) is 19.3 Å². The van der Waals surface area contributed by atoms with Crippen molar-refractivity contribution in [3.05, 3.63) is 47.5 Å². The fourth-order valence-corrected chi connectivity index (χ4v) is 2.58. The maximum absolute atomic E-state index is 12.3. The third kappa shape index (κ3) is 4.82. The van der Waals surface area contributed by atoms with Gasteiger partial charge in [-0.25, -0.2) is 4.98 Å². The molecule has 6 heteroatoms. The number of pyridine rings is 1. The van der Waals surface area contributed by atoms with Crippen molar-refractivity contribution in [3.8, 4) is 0 Å². The molecule has 0 fully saturated rings. The molecule has 2 aromatic heterocycles. The van der Waals surface area contributed by atoms with Gasteiger partial charge in [-0.05, 0) is 51.5 Å². The Morgan fingerprint density at radius 3 is 2.60 bits per heavy atom. The van der Waals surface area contributed by atoms with E-state index in [-0.39, 0.29) is 12.5 Å². The number of aromatic nitrogens is 1. The quantitative estimate of drug-likeness (QED) is 0.769. The molecule has 136 valence electrons. The molecule has 2 rings (SSSR count). The fraction of sp³-hybridized carbons (Fsp3) is 0.474. The molecule has 1 atom stereocenters. The van der Waals surface area contributed by atoms with Crippen LogP contribution < -0.4 is 10.2 Å². The Balaban J connectivity index is 1.99. The number of nitrogens with one attached hydrogen (secondary N) is 1. The number of carbonyl (C=O) groups is 1. The van der Waals surface area contributed by atoms with E-state index in [0.29, 0.717) is 17.1 Å². The first-order valence-corrected chi connectivity index (χ1v) is 8.66. The Hall–Kier alpha value is -2.34. The summed E-state index contributed by atoms with van der Waals surface area (Å²) >= 11 is 0. The first-order valence-electron chi connectivity index (χ1n) is 8.66. The second-order valence-corrected chi connectivity index (χ2v) is 6.35. The van der Waals surface area contributed by atoms with E-state index < -0.39 is 5.60 Å². The number of hydrogen-bond donors (Lipinski definition) is 2. The number of amides is 1. The molecule has 2 heterocycles. The number of aliphatic hydroxyl groups is 1. The lowest BCUT2D eigenvalue weighted by Gasteiger charge is -2.22. The fourth-order valence-electron chi connectivity index (χ4n) is 2.58. The van der Waals surface area contributed by atoms with Crippen LogP contribution >= 0.6 is 0 Å². The summed E-state index contributed by atoms with van der Waals surface area (Å²) in [7, 11) is 0. The maximum Gasteiger partial charge on any atom is 0.252 e. The third-order valence-electron chi connectivity index (χ3n) is 4.07. The van der Waals surface area contributed by atoms with Gasteiger partial charge in [0.25, 0.3) is 5.91 Å². The van der Waals surface area contributed by atoms with Crippen molar-refractivity contribution in [2.45, 2.75) is 39.7 Å². The molecular weight excluding hydrogens is 318 g/mol. The summed E-state index contributed by atoms with van der Waals surface area (Å²) in [6.45, 7) is 9.48. The van der Waals surface area contributed by atoms with Crippen LogP contribution in [0.5, 0.6) is 0 Å². The number of carbonyl (C=O) groups excluding carboxylic acids is 1. The maximum atomic E-state index is 12.3. The molecule has 2 N–H and O–H groups in total. The molecule has 1 amide bonds. The summed E-state index contributed by atoms with van der Waals surface area (Å²) in [6.07, 6.45) is 2.60. The molecule has 2 aromatic rings. The SMILES string of the molecule is CCCN(CC)c1ccc(C(=O)NCC(C)(O)c2ccc(C)o2)cn1. The van der Waals surface area contributed by atoms with Crippen LogP contribution in [0.25, 0.3) is 0 Å².